The molecule has 2 aromatic heterocycles. The van der Waals surface area contributed by atoms with Crippen LogP contribution < -0.4 is 10.6 Å². The van der Waals surface area contributed by atoms with Crippen LogP contribution >= 0.6 is 0 Å². The Morgan fingerprint density at radius 2 is 1.94 bits per heavy atom. The third-order valence-corrected chi connectivity index (χ3v) is 6.19. The van der Waals surface area contributed by atoms with E-state index in [2.05, 4.69) is 25.7 Å². The molecule has 0 spiro atoms. The number of hydrogen-bond donors (Lipinski definition) is 3. The molecule has 3 aromatic rings. The summed E-state index contributed by atoms with van der Waals surface area (Å²) in [4.78, 5) is 42.2. The van der Waals surface area contributed by atoms with Crippen LogP contribution in [0.25, 0.3) is 10.9 Å². The second-order valence-electron chi connectivity index (χ2n) is 8.35. The fourth-order valence-corrected chi connectivity index (χ4v) is 4.47. The van der Waals surface area contributed by atoms with Crippen molar-refractivity contribution in [2.24, 2.45) is 0 Å². The van der Waals surface area contributed by atoms with E-state index in [9.17, 15) is 14.4 Å². The Kier molecular flexibility index (Phi) is 6.23. The number of amides is 3. The number of carbonyl (C=O) groups excluding carboxylic acids is 3. The van der Waals surface area contributed by atoms with E-state index in [-0.39, 0.29) is 12.5 Å². The molecule has 5 rings (SSSR count). The van der Waals surface area contributed by atoms with E-state index in [1.54, 1.807) is 24.0 Å². The van der Waals surface area contributed by atoms with E-state index in [1.165, 1.54) is 6.26 Å². The second-order valence-corrected chi connectivity index (χ2v) is 8.35. The molecule has 0 aliphatic carbocycles. The van der Waals surface area contributed by atoms with Crippen LogP contribution in [0.4, 0.5) is 4.79 Å². The number of nitrogens with one attached hydrogen (secondary N) is 3. The van der Waals surface area contributed by atoms with Crippen molar-refractivity contribution in [3.63, 3.8) is 0 Å². The number of aromatic amines is 1. The van der Waals surface area contributed by atoms with Crippen molar-refractivity contribution in [3.8, 4) is 0 Å². The lowest BCUT2D eigenvalue weighted by Crippen LogP contribution is -2.52. The first-order chi connectivity index (χ1) is 17.0. The van der Waals surface area contributed by atoms with Gasteiger partial charge in [0.05, 0.1) is 24.0 Å². The van der Waals surface area contributed by atoms with E-state index in [0.29, 0.717) is 55.4 Å². The minimum Gasteiger partial charge on any atom is -0.467 e. The van der Waals surface area contributed by atoms with Crippen molar-refractivity contribution in [1.29, 1.82) is 0 Å². The molecule has 1 saturated heterocycles. The van der Waals surface area contributed by atoms with Crippen molar-refractivity contribution >= 4 is 28.8 Å². The number of H-pyrrole nitrogens is 1. The predicted octanol–water partition coefficient (Wildman–Crippen LogP) is 1.78. The molecule has 3 N–H and O–H groups in total. The predicted molar refractivity (Wildman–Crippen MR) is 125 cm³/mol. The molecule has 0 bridgehead atoms. The van der Waals surface area contributed by atoms with Crippen LogP contribution in [-0.2, 0) is 9.53 Å². The normalized spacial score (nSPS) is 18.9. The number of urea groups is 1. The number of carbonyl (C=O) groups is 3. The number of esters is 1. The highest BCUT2D eigenvalue weighted by molar-refractivity contribution is 6.04. The SMILES string of the molecule is CCOC(=O)C1=C(CN2CCN(C(=O)c3n[nH]c4ccccc34)CC2)NC(=O)NC1c1ccco1. The van der Waals surface area contributed by atoms with Crippen LogP contribution in [0.15, 0.2) is 58.3 Å². The number of aromatic nitrogens is 2. The Balaban J connectivity index is 1.31. The van der Waals surface area contributed by atoms with Gasteiger partial charge in [0, 0.05) is 43.8 Å². The maximum atomic E-state index is 13.1. The largest absolute Gasteiger partial charge is 0.467 e. The lowest BCUT2D eigenvalue weighted by Gasteiger charge is -2.36. The molecule has 1 atom stereocenters. The number of rotatable bonds is 6. The van der Waals surface area contributed by atoms with Crippen LogP contribution in [0.5, 0.6) is 0 Å². The molecular weight excluding hydrogens is 452 g/mol. The molecule has 4 heterocycles. The third-order valence-electron chi connectivity index (χ3n) is 6.19. The van der Waals surface area contributed by atoms with Gasteiger partial charge in [0.2, 0.25) is 0 Å². The van der Waals surface area contributed by atoms with Gasteiger partial charge in [0.1, 0.15) is 11.8 Å². The Bertz CT molecular complexity index is 1270. The number of hydrogen-bond acceptors (Lipinski definition) is 7. The van der Waals surface area contributed by atoms with Gasteiger partial charge in [0.25, 0.3) is 5.91 Å². The quantitative estimate of drug-likeness (QED) is 0.460. The summed E-state index contributed by atoms with van der Waals surface area (Å²) >= 11 is 0. The van der Waals surface area contributed by atoms with Gasteiger partial charge in [-0.2, -0.15) is 5.10 Å². The Morgan fingerprint density at radius 1 is 1.14 bits per heavy atom. The number of fused-ring (bicyclic) bond motifs is 1. The molecule has 35 heavy (non-hydrogen) atoms. The van der Waals surface area contributed by atoms with Crippen molar-refractivity contribution in [2.45, 2.75) is 13.0 Å². The van der Waals surface area contributed by atoms with E-state index < -0.39 is 18.0 Å². The molecule has 3 amide bonds. The maximum absolute atomic E-state index is 13.1. The maximum Gasteiger partial charge on any atom is 0.338 e. The van der Waals surface area contributed by atoms with Crippen molar-refractivity contribution in [3.05, 3.63) is 65.4 Å². The summed E-state index contributed by atoms with van der Waals surface area (Å²) in [6.45, 7) is 4.40. The van der Waals surface area contributed by atoms with E-state index >= 15 is 0 Å². The van der Waals surface area contributed by atoms with Crippen molar-refractivity contribution < 1.29 is 23.5 Å². The van der Waals surface area contributed by atoms with Gasteiger partial charge in [-0.25, -0.2) is 9.59 Å². The van der Waals surface area contributed by atoms with Crippen LogP contribution in [0, 0.1) is 0 Å². The highest BCUT2D eigenvalue weighted by Crippen LogP contribution is 2.28. The van der Waals surface area contributed by atoms with Gasteiger partial charge < -0.3 is 24.7 Å². The standard InChI is InChI=1S/C24H26N6O5/c1-2-34-23(32)19-17(25-24(33)26-21(19)18-8-5-13-35-18)14-29-9-11-30(12-10-29)22(31)20-15-6-3-4-7-16(15)27-28-20/h3-8,13,21H,2,9-12,14H2,1H3,(H,27,28)(H2,25,26,33). The molecule has 1 unspecified atom stereocenters. The molecule has 2 aliphatic heterocycles. The fraction of sp³-hybridized carbons (Fsp3) is 0.333. The topological polar surface area (TPSA) is 133 Å². The average molecular weight is 479 g/mol. The second kappa shape index (κ2) is 9.63. The molecule has 182 valence electrons. The van der Waals surface area contributed by atoms with Crippen LogP contribution in [0.1, 0.15) is 29.2 Å². The smallest absolute Gasteiger partial charge is 0.338 e. The zero-order valence-electron chi connectivity index (χ0n) is 19.2. The number of furan rings is 1. The minimum absolute atomic E-state index is 0.124. The van der Waals surface area contributed by atoms with E-state index in [1.807, 2.05) is 24.3 Å². The summed E-state index contributed by atoms with van der Waals surface area (Å²) < 4.78 is 10.8. The number of benzene rings is 1. The molecule has 2 aliphatic rings. The monoisotopic (exact) mass is 478 g/mol. The zero-order valence-corrected chi connectivity index (χ0v) is 19.2. The van der Waals surface area contributed by atoms with Gasteiger partial charge in [-0.1, -0.05) is 18.2 Å². The number of para-hydroxylation sites is 1. The molecule has 0 saturated carbocycles. The summed E-state index contributed by atoms with van der Waals surface area (Å²) in [6.07, 6.45) is 1.49. The molecule has 1 fully saturated rings. The van der Waals surface area contributed by atoms with E-state index in [0.717, 1.165) is 10.9 Å². The lowest BCUT2D eigenvalue weighted by atomic mass is 9.99. The van der Waals surface area contributed by atoms with Crippen LogP contribution in [0.3, 0.4) is 0 Å². The average Bonchev–Trinajstić information content (AvgIpc) is 3.54. The van der Waals surface area contributed by atoms with Gasteiger partial charge in [-0.3, -0.25) is 14.8 Å². The fourth-order valence-electron chi connectivity index (χ4n) is 4.47. The van der Waals surface area contributed by atoms with Crippen molar-refractivity contribution in [1.82, 2.24) is 30.6 Å². The van der Waals surface area contributed by atoms with Crippen molar-refractivity contribution in [2.75, 3.05) is 39.3 Å². The summed E-state index contributed by atoms with van der Waals surface area (Å²) in [7, 11) is 0. The summed E-state index contributed by atoms with van der Waals surface area (Å²) in [6, 6.07) is 9.77. The highest BCUT2D eigenvalue weighted by Gasteiger charge is 2.36. The van der Waals surface area contributed by atoms with Gasteiger partial charge in [0.15, 0.2) is 5.69 Å². The van der Waals surface area contributed by atoms with Crippen LogP contribution in [0.2, 0.25) is 0 Å². The first-order valence-corrected chi connectivity index (χ1v) is 11.5. The minimum atomic E-state index is -0.747. The first-order valence-electron chi connectivity index (χ1n) is 11.5. The molecule has 11 nitrogen and oxygen atoms in total. The molecule has 11 heteroatoms. The Hall–Kier alpha value is -4.12. The van der Waals surface area contributed by atoms with Gasteiger partial charge in [-0.15, -0.1) is 0 Å². The number of nitrogens with zero attached hydrogens (tertiary/aromatic N) is 3. The zero-order chi connectivity index (χ0) is 24.4. The molecule has 1 aromatic carbocycles. The number of piperazine rings is 1. The highest BCUT2D eigenvalue weighted by atomic mass is 16.5. The third kappa shape index (κ3) is 4.50. The van der Waals surface area contributed by atoms with E-state index in [4.69, 9.17) is 9.15 Å². The first kappa shape index (κ1) is 22.7. The summed E-state index contributed by atoms with van der Waals surface area (Å²) in [5, 5.41) is 13.4. The summed E-state index contributed by atoms with van der Waals surface area (Å²) in [5.74, 6) is -0.195. The van der Waals surface area contributed by atoms with Crippen LogP contribution in [-0.4, -0.2) is 77.2 Å². The van der Waals surface area contributed by atoms with Gasteiger partial charge in [-0.05, 0) is 25.1 Å². The Morgan fingerprint density at radius 3 is 2.69 bits per heavy atom. The molecular formula is C24H26N6O5. The number of ether oxygens (including phenoxy) is 1. The molecule has 0 radical (unpaired) electrons. The van der Waals surface area contributed by atoms with Gasteiger partial charge >= 0.3 is 12.0 Å². The summed E-state index contributed by atoms with van der Waals surface area (Å²) in [5.41, 5.74) is 2.00. The lowest BCUT2D eigenvalue weighted by molar-refractivity contribution is -0.139. The Labute approximate surface area is 201 Å².